The van der Waals surface area contributed by atoms with Gasteiger partial charge in [-0.3, -0.25) is 14.5 Å². The van der Waals surface area contributed by atoms with Gasteiger partial charge in [0.25, 0.3) is 5.91 Å². The molecule has 0 spiro atoms. The number of rotatable bonds is 6. The Morgan fingerprint density at radius 1 is 1.40 bits per heavy atom. The van der Waals surface area contributed by atoms with Crippen LogP contribution < -0.4 is 16.4 Å². The molecule has 1 aliphatic heterocycles. The van der Waals surface area contributed by atoms with Crippen LogP contribution in [0.1, 0.15) is 33.5 Å². The van der Waals surface area contributed by atoms with Crippen molar-refractivity contribution in [3.63, 3.8) is 0 Å². The average Bonchev–Trinajstić information content (AvgIpc) is 3.36. The second-order valence-corrected chi connectivity index (χ2v) is 8.10. The highest BCUT2D eigenvalue weighted by Crippen LogP contribution is 2.34. The first kappa shape index (κ1) is 22.0. The first-order valence-electron chi connectivity index (χ1n) is 9.25. The van der Waals surface area contributed by atoms with Gasteiger partial charge in [-0.05, 0) is 24.1 Å². The normalized spacial score (nSPS) is 18.2. The molecule has 2 aromatic rings. The first-order valence-corrected chi connectivity index (χ1v) is 10.5. The number of carbonyl (C=O) groups is 3. The molecule has 0 saturated carbocycles. The van der Waals surface area contributed by atoms with Crippen LogP contribution in [0, 0.1) is 0 Å². The highest BCUT2D eigenvalue weighted by molar-refractivity contribution is 7.09. The van der Waals surface area contributed by atoms with Crippen LogP contribution in [0.25, 0.3) is 0 Å². The molecule has 1 aromatic heterocycles. The molecule has 30 heavy (non-hydrogen) atoms. The van der Waals surface area contributed by atoms with E-state index in [-0.39, 0.29) is 36.8 Å². The Morgan fingerprint density at radius 3 is 2.93 bits per heavy atom. The molecule has 3 rings (SSSR count). The topological polar surface area (TPSA) is 127 Å². The van der Waals surface area contributed by atoms with Crippen molar-refractivity contribution >= 4 is 40.8 Å². The summed E-state index contributed by atoms with van der Waals surface area (Å²) in [5.41, 5.74) is 7.03. The summed E-state index contributed by atoms with van der Waals surface area (Å²) in [6, 6.07) is 6.48. The van der Waals surface area contributed by atoms with Gasteiger partial charge in [0.1, 0.15) is 17.3 Å². The molecule has 160 valence electrons. The maximum atomic E-state index is 12.7. The maximum absolute atomic E-state index is 12.7. The molecule has 0 bridgehead atoms. The van der Waals surface area contributed by atoms with Gasteiger partial charge < -0.3 is 21.1 Å². The van der Waals surface area contributed by atoms with E-state index < -0.39 is 12.0 Å². The number of amides is 3. The molecule has 0 aliphatic carbocycles. The lowest BCUT2D eigenvalue weighted by Crippen LogP contribution is -2.35. The third-order valence-electron chi connectivity index (χ3n) is 4.55. The quantitative estimate of drug-likeness (QED) is 0.613. The van der Waals surface area contributed by atoms with E-state index in [9.17, 15) is 14.4 Å². The highest BCUT2D eigenvalue weighted by atomic mass is 35.5. The molecule has 2 heterocycles. The van der Waals surface area contributed by atoms with Gasteiger partial charge in [-0.25, -0.2) is 9.78 Å². The van der Waals surface area contributed by atoms with E-state index in [2.05, 4.69) is 15.6 Å². The van der Waals surface area contributed by atoms with Crippen LogP contribution in [0.5, 0.6) is 0 Å². The molecule has 1 aromatic carbocycles. The predicted octanol–water partition coefficient (Wildman–Crippen LogP) is 1.68. The molecule has 11 heteroatoms. The Bertz CT molecular complexity index is 937. The Labute approximate surface area is 182 Å². The monoisotopic (exact) mass is 451 g/mol. The van der Waals surface area contributed by atoms with Crippen molar-refractivity contribution in [2.24, 2.45) is 5.73 Å². The number of thiazole rings is 1. The minimum absolute atomic E-state index is 0.0862. The Hall–Kier alpha value is -2.69. The Kier molecular flexibility index (Phi) is 7.24. The molecule has 9 nitrogen and oxygen atoms in total. The number of ether oxygens (including phenoxy) is 1. The standard InChI is InChI=1S/C19H22ClN5O4S/c1-22-16(26)7-23-17(27)14-10-30-18(24-14)15-6-13(21)8-25(15)19(28)29-9-11-3-2-4-12(20)5-11/h2-5,10,13,15H,6-9,21H2,1H3,(H,22,26)(H,23,27)/t13-,15+/m1/s1. The van der Waals surface area contributed by atoms with Gasteiger partial charge in [0, 0.05) is 30.0 Å². The van der Waals surface area contributed by atoms with E-state index >= 15 is 0 Å². The highest BCUT2D eigenvalue weighted by Gasteiger charge is 2.37. The lowest BCUT2D eigenvalue weighted by Gasteiger charge is -2.22. The zero-order valence-electron chi connectivity index (χ0n) is 16.3. The summed E-state index contributed by atoms with van der Waals surface area (Å²) in [5.74, 6) is -0.771. The summed E-state index contributed by atoms with van der Waals surface area (Å²) in [5, 5.41) is 7.66. The number of benzene rings is 1. The van der Waals surface area contributed by atoms with Crippen LogP contribution in [-0.2, 0) is 16.1 Å². The maximum Gasteiger partial charge on any atom is 0.410 e. The van der Waals surface area contributed by atoms with Crippen LogP contribution >= 0.6 is 22.9 Å². The van der Waals surface area contributed by atoms with Gasteiger partial charge in [0.05, 0.1) is 12.6 Å². The summed E-state index contributed by atoms with van der Waals surface area (Å²) in [6.07, 6.45) is 0.00718. The van der Waals surface area contributed by atoms with Crippen molar-refractivity contribution in [3.8, 4) is 0 Å². The van der Waals surface area contributed by atoms with Crippen LogP contribution in [0.2, 0.25) is 5.02 Å². The van der Waals surface area contributed by atoms with Gasteiger partial charge in [-0.15, -0.1) is 11.3 Å². The number of hydrogen-bond donors (Lipinski definition) is 3. The van der Waals surface area contributed by atoms with E-state index in [1.165, 1.54) is 23.3 Å². The van der Waals surface area contributed by atoms with Crippen molar-refractivity contribution < 1.29 is 19.1 Å². The van der Waals surface area contributed by atoms with Crippen molar-refractivity contribution in [2.45, 2.75) is 25.1 Å². The van der Waals surface area contributed by atoms with E-state index in [1.807, 2.05) is 6.07 Å². The van der Waals surface area contributed by atoms with Crippen LogP contribution in [-0.4, -0.2) is 54.0 Å². The van der Waals surface area contributed by atoms with Crippen LogP contribution in [0.15, 0.2) is 29.6 Å². The fourth-order valence-corrected chi connectivity index (χ4v) is 4.18. The summed E-state index contributed by atoms with van der Waals surface area (Å²) in [4.78, 5) is 42.0. The number of aromatic nitrogens is 1. The number of nitrogens with zero attached hydrogens (tertiary/aromatic N) is 2. The number of likely N-dealkylation sites (tertiary alicyclic amines) is 1. The lowest BCUT2D eigenvalue weighted by atomic mass is 10.2. The summed E-state index contributed by atoms with van der Waals surface area (Å²) < 4.78 is 5.42. The van der Waals surface area contributed by atoms with E-state index in [1.54, 1.807) is 23.6 Å². The number of nitrogens with one attached hydrogen (secondary N) is 2. The van der Waals surface area contributed by atoms with E-state index in [4.69, 9.17) is 22.1 Å². The van der Waals surface area contributed by atoms with Gasteiger partial charge in [-0.1, -0.05) is 23.7 Å². The molecule has 3 amide bonds. The van der Waals surface area contributed by atoms with E-state index in [0.717, 1.165) is 5.56 Å². The summed E-state index contributed by atoms with van der Waals surface area (Å²) in [7, 11) is 1.48. The smallest absolute Gasteiger partial charge is 0.410 e. The van der Waals surface area contributed by atoms with Crippen molar-refractivity contribution in [2.75, 3.05) is 20.1 Å². The second-order valence-electron chi connectivity index (χ2n) is 6.78. The minimum atomic E-state index is -0.506. The summed E-state index contributed by atoms with van der Waals surface area (Å²) in [6.45, 7) is 0.276. The number of carbonyl (C=O) groups excluding carboxylic acids is 3. The zero-order chi connectivity index (χ0) is 21.7. The van der Waals surface area contributed by atoms with E-state index in [0.29, 0.717) is 23.0 Å². The zero-order valence-corrected chi connectivity index (χ0v) is 17.8. The fourth-order valence-electron chi connectivity index (χ4n) is 3.04. The number of likely N-dealkylation sites (N-methyl/N-ethyl adjacent to an activating group) is 1. The minimum Gasteiger partial charge on any atom is -0.445 e. The third-order valence-corrected chi connectivity index (χ3v) is 5.73. The number of nitrogens with two attached hydrogens (primary N) is 1. The molecular formula is C19H22ClN5O4S. The number of halogens is 1. The molecule has 1 aliphatic rings. The molecular weight excluding hydrogens is 430 g/mol. The van der Waals surface area contributed by atoms with Crippen molar-refractivity contribution in [1.29, 1.82) is 0 Å². The van der Waals surface area contributed by atoms with Crippen molar-refractivity contribution in [3.05, 3.63) is 50.9 Å². The largest absolute Gasteiger partial charge is 0.445 e. The SMILES string of the molecule is CNC(=O)CNC(=O)c1csc([C@@H]2C[C@@H](N)CN2C(=O)OCc2cccc(Cl)c2)n1. The molecule has 1 fully saturated rings. The molecule has 2 atom stereocenters. The molecule has 0 radical (unpaired) electrons. The lowest BCUT2D eigenvalue weighted by molar-refractivity contribution is -0.119. The Balaban J connectivity index is 1.64. The van der Waals surface area contributed by atoms with Crippen molar-refractivity contribution in [1.82, 2.24) is 20.5 Å². The molecule has 1 saturated heterocycles. The predicted molar refractivity (Wildman–Crippen MR) is 112 cm³/mol. The van der Waals surface area contributed by atoms with Gasteiger partial charge in [0.2, 0.25) is 5.91 Å². The number of hydrogen-bond acceptors (Lipinski definition) is 7. The third kappa shape index (κ3) is 5.47. The van der Waals surface area contributed by atoms with Crippen LogP contribution in [0.4, 0.5) is 4.79 Å². The first-order chi connectivity index (χ1) is 14.4. The summed E-state index contributed by atoms with van der Waals surface area (Å²) >= 11 is 7.22. The average molecular weight is 452 g/mol. The van der Waals surface area contributed by atoms with Gasteiger partial charge in [-0.2, -0.15) is 0 Å². The van der Waals surface area contributed by atoms with Crippen LogP contribution in [0.3, 0.4) is 0 Å². The molecule has 0 unspecified atom stereocenters. The molecule has 4 N–H and O–H groups in total. The van der Waals surface area contributed by atoms with Gasteiger partial charge >= 0.3 is 6.09 Å². The van der Waals surface area contributed by atoms with Gasteiger partial charge in [0.15, 0.2) is 0 Å². The Morgan fingerprint density at radius 2 is 2.20 bits per heavy atom. The fraction of sp³-hybridized carbons (Fsp3) is 0.368. The second kappa shape index (κ2) is 9.88.